The summed E-state index contributed by atoms with van der Waals surface area (Å²) in [6.07, 6.45) is 5.62. The Balaban J connectivity index is 1.85. The van der Waals surface area contributed by atoms with Crippen LogP contribution in [-0.2, 0) is 12.8 Å². The largest absolute Gasteiger partial charge is 0.305 e. The van der Waals surface area contributed by atoms with Crippen LogP contribution < -0.4 is 5.32 Å². The number of pyridine rings is 1. The summed E-state index contributed by atoms with van der Waals surface area (Å²) in [5.74, 6) is 0.926. The molecule has 0 spiro atoms. The number of hydrogen-bond donors (Lipinski definition) is 1. The molecule has 0 radical (unpaired) electrons. The van der Waals surface area contributed by atoms with Crippen LogP contribution in [0.5, 0.6) is 0 Å². The molecule has 0 aliphatic carbocycles. The first-order chi connectivity index (χ1) is 9.86. The molecule has 4 rings (SSSR count). The van der Waals surface area contributed by atoms with E-state index in [9.17, 15) is 0 Å². The van der Waals surface area contributed by atoms with Gasteiger partial charge in [-0.25, -0.2) is 9.50 Å². The number of aromatic nitrogens is 4. The zero-order chi connectivity index (χ0) is 13.5. The lowest BCUT2D eigenvalue weighted by Gasteiger charge is -2.23. The molecule has 4 heterocycles. The van der Waals surface area contributed by atoms with E-state index in [1.165, 1.54) is 16.1 Å². The van der Waals surface area contributed by atoms with Crippen molar-refractivity contribution < 1.29 is 0 Å². The van der Waals surface area contributed by atoms with Crippen molar-refractivity contribution in [1.82, 2.24) is 24.9 Å². The number of rotatable bonds is 2. The van der Waals surface area contributed by atoms with Crippen molar-refractivity contribution >= 4 is 16.3 Å². The second kappa shape index (κ2) is 4.64. The predicted molar refractivity (Wildman–Crippen MR) is 78.0 cm³/mol. The second-order valence-electron chi connectivity index (χ2n) is 4.91. The van der Waals surface area contributed by atoms with Crippen molar-refractivity contribution in [1.29, 1.82) is 0 Å². The minimum absolute atomic E-state index is 0.214. The zero-order valence-corrected chi connectivity index (χ0v) is 12.0. The summed E-state index contributed by atoms with van der Waals surface area (Å²) in [6.45, 7) is 3.05. The van der Waals surface area contributed by atoms with Crippen LogP contribution >= 0.6 is 11.3 Å². The van der Waals surface area contributed by atoms with Gasteiger partial charge >= 0.3 is 0 Å². The van der Waals surface area contributed by atoms with Crippen molar-refractivity contribution in [2.24, 2.45) is 0 Å². The maximum atomic E-state index is 4.61. The Labute approximate surface area is 120 Å². The monoisotopic (exact) mass is 285 g/mol. The summed E-state index contributed by atoms with van der Waals surface area (Å²) in [6, 6.07) is 4.32. The van der Waals surface area contributed by atoms with E-state index in [2.05, 4.69) is 33.4 Å². The van der Waals surface area contributed by atoms with Crippen LogP contribution in [0.1, 0.15) is 34.9 Å². The molecule has 0 bridgehead atoms. The standard InChI is InChI=1S/C14H15N5S/c1-2-11-17-14-19(18-11)10-5-7-16-12(13(10)20-14)9-4-3-6-15-8-9/h3-4,6,8,12,16H,2,5,7H2,1H3. The van der Waals surface area contributed by atoms with Crippen LogP contribution in [-0.4, -0.2) is 26.1 Å². The molecule has 0 aromatic carbocycles. The van der Waals surface area contributed by atoms with Gasteiger partial charge in [0.1, 0.15) is 0 Å². The van der Waals surface area contributed by atoms with E-state index in [0.29, 0.717) is 0 Å². The highest BCUT2D eigenvalue weighted by Crippen LogP contribution is 2.34. The summed E-state index contributed by atoms with van der Waals surface area (Å²) >= 11 is 1.74. The highest BCUT2D eigenvalue weighted by Gasteiger charge is 2.27. The molecule has 1 aliphatic rings. The van der Waals surface area contributed by atoms with Crippen LogP contribution in [0.25, 0.3) is 4.96 Å². The molecule has 0 amide bonds. The average Bonchev–Trinajstić information content (AvgIpc) is 3.05. The fourth-order valence-electron chi connectivity index (χ4n) is 2.69. The summed E-state index contributed by atoms with van der Waals surface area (Å²) in [5, 5.41) is 8.18. The molecular weight excluding hydrogens is 270 g/mol. The Morgan fingerprint density at radius 2 is 2.45 bits per heavy atom. The van der Waals surface area contributed by atoms with Gasteiger partial charge in [-0.05, 0) is 11.6 Å². The minimum Gasteiger partial charge on any atom is -0.305 e. The average molecular weight is 285 g/mol. The third-order valence-corrected chi connectivity index (χ3v) is 4.81. The molecule has 0 saturated heterocycles. The van der Waals surface area contributed by atoms with Crippen LogP contribution in [0, 0.1) is 0 Å². The van der Waals surface area contributed by atoms with Crippen LogP contribution in [0.15, 0.2) is 24.5 Å². The Bertz CT molecular complexity index is 746. The lowest BCUT2D eigenvalue weighted by molar-refractivity contribution is 0.560. The fraction of sp³-hybridized carbons (Fsp3) is 0.357. The van der Waals surface area contributed by atoms with E-state index < -0.39 is 0 Å². The zero-order valence-electron chi connectivity index (χ0n) is 11.2. The van der Waals surface area contributed by atoms with Gasteiger partial charge in [0.05, 0.1) is 16.6 Å². The van der Waals surface area contributed by atoms with Crippen LogP contribution in [0.2, 0.25) is 0 Å². The van der Waals surface area contributed by atoms with E-state index in [1.54, 1.807) is 11.3 Å². The van der Waals surface area contributed by atoms with Gasteiger partial charge in [-0.1, -0.05) is 24.3 Å². The Morgan fingerprint density at radius 3 is 3.25 bits per heavy atom. The molecule has 20 heavy (non-hydrogen) atoms. The molecule has 1 N–H and O–H groups in total. The summed E-state index contributed by atoms with van der Waals surface area (Å²) < 4.78 is 2.03. The summed E-state index contributed by atoms with van der Waals surface area (Å²) in [4.78, 5) is 11.1. The Morgan fingerprint density at radius 1 is 1.50 bits per heavy atom. The third-order valence-electron chi connectivity index (χ3n) is 3.67. The normalized spacial score (nSPS) is 18.4. The topological polar surface area (TPSA) is 55.1 Å². The quantitative estimate of drug-likeness (QED) is 0.782. The van der Waals surface area contributed by atoms with Crippen LogP contribution in [0.4, 0.5) is 0 Å². The first-order valence-electron chi connectivity index (χ1n) is 6.87. The molecule has 0 saturated carbocycles. The number of thiazole rings is 1. The van der Waals surface area contributed by atoms with E-state index >= 15 is 0 Å². The number of aryl methyl sites for hydroxylation is 1. The number of hydrogen-bond acceptors (Lipinski definition) is 5. The molecule has 0 fully saturated rings. The number of nitrogens with zero attached hydrogens (tertiary/aromatic N) is 4. The maximum absolute atomic E-state index is 4.61. The van der Waals surface area contributed by atoms with Crippen molar-refractivity contribution in [2.75, 3.05) is 6.54 Å². The molecule has 1 unspecified atom stereocenters. The van der Waals surface area contributed by atoms with Gasteiger partial charge in [-0.3, -0.25) is 4.98 Å². The highest BCUT2D eigenvalue weighted by atomic mass is 32.1. The van der Waals surface area contributed by atoms with Crippen molar-refractivity contribution in [3.8, 4) is 0 Å². The van der Waals surface area contributed by atoms with Crippen molar-refractivity contribution in [2.45, 2.75) is 25.8 Å². The van der Waals surface area contributed by atoms with Gasteiger partial charge in [0.2, 0.25) is 4.96 Å². The Hall–Kier alpha value is -1.79. The van der Waals surface area contributed by atoms with Gasteiger partial charge in [0.15, 0.2) is 5.82 Å². The first-order valence-corrected chi connectivity index (χ1v) is 7.69. The highest BCUT2D eigenvalue weighted by molar-refractivity contribution is 7.17. The molecule has 5 nitrogen and oxygen atoms in total. The van der Waals surface area contributed by atoms with Crippen LogP contribution in [0.3, 0.4) is 0 Å². The summed E-state index contributed by atoms with van der Waals surface area (Å²) in [7, 11) is 0. The molecule has 1 atom stereocenters. The van der Waals surface area contributed by atoms with Crippen molar-refractivity contribution in [3.63, 3.8) is 0 Å². The fourth-order valence-corrected chi connectivity index (χ4v) is 3.92. The molecule has 3 aromatic rings. The summed E-state index contributed by atoms with van der Waals surface area (Å²) in [5.41, 5.74) is 2.50. The molecule has 6 heteroatoms. The van der Waals surface area contributed by atoms with Gasteiger partial charge in [-0.15, -0.1) is 0 Å². The van der Waals surface area contributed by atoms with E-state index in [-0.39, 0.29) is 6.04 Å². The van der Waals surface area contributed by atoms with Gasteiger partial charge in [0, 0.05) is 31.8 Å². The lowest BCUT2D eigenvalue weighted by Crippen LogP contribution is -2.30. The second-order valence-corrected chi connectivity index (χ2v) is 5.92. The predicted octanol–water partition coefficient (Wildman–Crippen LogP) is 1.98. The SMILES string of the molecule is CCc1nc2sc3c(n2n1)CCNC3c1cccnc1. The van der Waals surface area contributed by atoms with Gasteiger partial charge < -0.3 is 5.32 Å². The molecule has 102 valence electrons. The van der Waals surface area contributed by atoms with E-state index in [0.717, 1.165) is 30.2 Å². The lowest BCUT2D eigenvalue weighted by atomic mass is 10.0. The van der Waals surface area contributed by atoms with Gasteiger partial charge in [0.25, 0.3) is 0 Å². The van der Waals surface area contributed by atoms with Gasteiger partial charge in [-0.2, -0.15) is 5.10 Å². The smallest absolute Gasteiger partial charge is 0.212 e. The molecular formula is C14H15N5S. The molecule has 3 aromatic heterocycles. The van der Waals surface area contributed by atoms with E-state index in [4.69, 9.17) is 0 Å². The van der Waals surface area contributed by atoms with Crippen molar-refractivity contribution in [3.05, 3.63) is 46.5 Å². The third kappa shape index (κ3) is 1.76. The Kier molecular flexibility index (Phi) is 2.78. The van der Waals surface area contributed by atoms with E-state index in [1.807, 2.05) is 23.0 Å². The minimum atomic E-state index is 0.214. The molecule has 1 aliphatic heterocycles. The number of fused-ring (bicyclic) bond motifs is 3. The number of nitrogens with one attached hydrogen (secondary N) is 1. The first kappa shape index (κ1) is 12.0. The maximum Gasteiger partial charge on any atom is 0.212 e.